The maximum Gasteiger partial charge on any atom is 0.306 e. The van der Waals surface area contributed by atoms with Crippen LogP contribution < -0.4 is 0 Å². The third-order valence-electron chi connectivity index (χ3n) is 3.62. The molecule has 22 heavy (non-hydrogen) atoms. The van der Waals surface area contributed by atoms with Gasteiger partial charge in [-0.2, -0.15) is 0 Å². The highest BCUT2D eigenvalue weighted by atomic mass is 16.7. The average Bonchev–Trinajstić information content (AvgIpc) is 2.45. The second kappa shape index (κ2) is 10.7. The van der Waals surface area contributed by atoms with Gasteiger partial charge < -0.3 is 24.4 Å². The van der Waals surface area contributed by atoms with E-state index in [2.05, 4.69) is 0 Å². The van der Waals surface area contributed by atoms with Gasteiger partial charge >= 0.3 is 5.97 Å². The van der Waals surface area contributed by atoms with E-state index in [1.807, 2.05) is 12.2 Å². The smallest absolute Gasteiger partial charge is 0.306 e. The fourth-order valence-electron chi connectivity index (χ4n) is 2.51. The van der Waals surface area contributed by atoms with Gasteiger partial charge in [0.15, 0.2) is 0 Å². The van der Waals surface area contributed by atoms with Crippen LogP contribution in [0.15, 0.2) is 12.2 Å². The summed E-state index contributed by atoms with van der Waals surface area (Å²) < 4.78 is 16.2. The fraction of sp³-hybridized carbons (Fsp3) is 0.812. The number of aliphatic carboxylic acids is 1. The topological polar surface area (TPSA) is 85.2 Å². The molecule has 0 aliphatic carbocycles. The van der Waals surface area contributed by atoms with E-state index in [0.717, 1.165) is 32.1 Å². The maximum atomic E-state index is 10.9. The van der Waals surface area contributed by atoms with Crippen molar-refractivity contribution in [3.8, 4) is 0 Å². The number of aliphatic hydroxyl groups excluding tert-OH is 1. The van der Waals surface area contributed by atoms with Gasteiger partial charge in [0, 0.05) is 7.11 Å². The first kappa shape index (κ1) is 19.1. The molecule has 0 amide bonds. The van der Waals surface area contributed by atoms with Gasteiger partial charge in [-0.1, -0.05) is 12.2 Å². The van der Waals surface area contributed by atoms with Crippen molar-refractivity contribution in [3.05, 3.63) is 12.2 Å². The van der Waals surface area contributed by atoms with Gasteiger partial charge in [-0.25, -0.2) is 0 Å². The Balaban J connectivity index is 2.41. The summed E-state index contributed by atoms with van der Waals surface area (Å²) in [5.74, 6) is -0.891. The van der Waals surface area contributed by atoms with Crippen LogP contribution in [0.3, 0.4) is 0 Å². The van der Waals surface area contributed by atoms with Crippen molar-refractivity contribution in [3.63, 3.8) is 0 Å². The molecule has 1 rings (SSSR count). The number of aliphatic hydroxyl groups is 1. The first-order chi connectivity index (χ1) is 10.5. The first-order valence-electron chi connectivity index (χ1n) is 7.85. The number of carboxylic acid groups (broad SMARTS) is 1. The number of ether oxygens (including phenoxy) is 3. The first-order valence-corrected chi connectivity index (χ1v) is 7.85. The van der Waals surface area contributed by atoms with Gasteiger partial charge in [-0.3, -0.25) is 4.79 Å². The van der Waals surface area contributed by atoms with Crippen LogP contribution in [0.1, 0.15) is 45.4 Å². The Labute approximate surface area is 132 Å². The number of hydrogen-bond acceptors (Lipinski definition) is 5. The molecule has 4 atom stereocenters. The molecule has 0 aromatic rings. The third-order valence-corrected chi connectivity index (χ3v) is 3.62. The molecule has 1 aliphatic rings. The number of allylic oxidation sites excluding steroid dienone is 1. The molecule has 6 nitrogen and oxygen atoms in total. The lowest BCUT2D eigenvalue weighted by Crippen LogP contribution is -2.41. The fourth-order valence-corrected chi connectivity index (χ4v) is 2.51. The highest BCUT2D eigenvalue weighted by Gasteiger charge is 2.32. The molecule has 0 saturated carbocycles. The van der Waals surface area contributed by atoms with Crippen LogP contribution in [0.2, 0.25) is 0 Å². The Bertz CT molecular complexity index is 342. The molecule has 6 heteroatoms. The predicted molar refractivity (Wildman–Crippen MR) is 81.6 cm³/mol. The van der Waals surface area contributed by atoms with Crippen LogP contribution in [0, 0.1) is 0 Å². The van der Waals surface area contributed by atoms with Crippen LogP contribution in [-0.4, -0.2) is 54.5 Å². The second-order valence-corrected chi connectivity index (χ2v) is 5.71. The summed E-state index contributed by atoms with van der Waals surface area (Å²) in [5, 5.41) is 18.2. The molecule has 1 aliphatic heterocycles. The Morgan fingerprint density at radius 2 is 2.23 bits per heavy atom. The highest BCUT2D eigenvalue weighted by molar-refractivity contribution is 5.67. The lowest BCUT2D eigenvalue weighted by Gasteiger charge is -2.34. The maximum absolute atomic E-state index is 10.9. The Morgan fingerprint density at radius 3 is 2.86 bits per heavy atom. The van der Waals surface area contributed by atoms with Crippen LogP contribution in [0.5, 0.6) is 0 Å². The van der Waals surface area contributed by atoms with E-state index in [1.165, 1.54) is 7.11 Å². The molecular formula is C16H28O6. The van der Waals surface area contributed by atoms with Crippen LogP contribution >= 0.6 is 0 Å². The lowest BCUT2D eigenvalue weighted by atomic mass is 9.98. The zero-order valence-corrected chi connectivity index (χ0v) is 13.4. The van der Waals surface area contributed by atoms with Gasteiger partial charge in [0.1, 0.15) is 6.79 Å². The SMILES string of the molecule is COCO[C@@H]1CC[C@@H](/C=C/CCC[C@H](C)O)O[C@@H]1CC(=O)O. The Morgan fingerprint density at radius 1 is 1.45 bits per heavy atom. The molecule has 0 radical (unpaired) electrons. The van der Waals surface area contributed by atoms with E-state index in [0.29, 0.717) is 0 Å². The van der Waals surface area contributed by atoms with Crippen molar-refractivity contribution >= 4 is 5.97 Å². The number of carboxylic acids is 1. The number of hydrogen-bond donors (Lipinski definition) is 2. The molecule has 1 heterocycles. The molecule has 0 aromatic carbocycles. The van der Waals surface area contributed by atoms with Crippen molar-refractivity contribution in [2.75, 3.05) is 13.9 Å². The van der Waals surface area contributed by atoms with Crippen molar-refractivity contribution in [1.29, 1.82) is 0 Å². The second-order valence-electron chi connectivity index (χ2n) is 5.71. The largest absolute Gasteiger partial charge is 0.481 e. The lowest BCUT2D eigenvalue weighted by molar-refractivity contribution is -0.173. The van der Waals surface area contributed by atoms with E-state index in [4.69, 9.17) is 19.3 Å². The van der Waals surface area contributed by atoms with Crippen LogP contribution in [0.4, 0.5) is 0 Å². The average molecular weight is 316 g/mol. The highest BCUT2D eigenvalue weighted by Crippen LogP contribution is 2.25. The summed E-state index contributed by atoms with van der Waals surface area (Å²) in [5.41, 5.74) is 0. The van der Waals surface area contributed by atoms with Gasteiger partial charge in [-0.15, -0.1) is 0 Å². The van der Waals surface area contributed by atoms with Crippen molar-refractivity contribution < 1.29 is 29.2 Å². The van der Waals surface area contributed by atoms with Gasteiger partial charge in [0.2, 0.25) is 0 Å². The molecule has 1 saturated heterocycles. The molecule has 2 N–H and O–H groups in total. The molecular weight excluding hydrogens is 288 g/mol. The van der Waals surface area contributed by atoms with Gasteiger partial charge in [0.25, 0.3) is 0 Å². The number of unbranched alkanes of at least 4 members (excludes halogenated alkanes) is 1. The van der Waals surface area contributed by atoms with E-state index >= 15 is 0 Å². The molecule has 1 fully saturated rings. The summed E-state index contributed by atoms with van der Waals surface area (Å²) in [6, 6.07) is 0. The summed E-state index contributed by atoms with van der Waals surface area (Å²) in [6.07, 6.45) is 7.09. The minimum atomic E-state index is -0.891. The zero-order chi connectivity index (χ0) is 16.4. The van der Waals surface area contributed by atoms with E-state index in [9.17, 15) is 9.90 Å². The molecule has 128 valence electrons. The minimum absolute atomic E-state index is 0.0687. The minimum Gasteiger partial charge on any atom is -0.481 e. The Hall–Kier alpha value is -0.950. The Kier molecular flexibility index (Phi) is 9.31. The quantitative estimate of drug-likeness (QED) is 0.365. The summed E-state index contributed by atoms with van der Waals surface area (Å²) in [6.45, 7) is 1.93. The molecule has 0 unspecified atom stereocenters. The third kappa shape index (κ3) is 7.89. The van der Waals surface area contributed by atoms with E-state index < -0.39 is 12.1 Å². The van der Waals surface area contributed by atoms with E-state index in [1.54, 1.807) is 6.92 Å². The number of rotatable bonds is 10. The van der Waals surface area contributed by atoms with Crippen LogP contribution in [-0.2, 0) is 19.0 Å². The summed E-state index contributed by atoms with van der Waals surface area (Å²) >= 11 is 0. The standard InChI is InChI=1S/C16H28O6/c1-12(17)6-4-3-5-7-13-8-9-14(21-11-20-2)15(22-13)10-16(18)19/h5,7,12-15,17H,3-4,6,8-11H2,1-2H3,(H,18,19)/b7-5+/t12-,13+,14+,15+/m0/s1. The van der Waals surface area contributed by atoms with E-state index in [-0.39, 0.29) is 31.5 Å². The zero-order valence-electron chi connectivity index (χ0n) is 13.4. The van der Waals surface area contributed by atoms with Crippen molar-refractivity contribution in [2.24, 2.45) is 0 Å². The van der Waals surface area contributed by atoms with Crippen molar-refractivity contribution in [1.82, 2.24) is 0 Å². The molecule has 0 spiro atoms. The molecule has 0 bridgehead atoms. The normalized spacial score (nSPS) is 27.1. The monoisotopic (exact) mass is 316 g/mol. The molecule has 0 aromatic heterocycles. The van der Waals surface area contributed by atoms with Crippen molar-refractivity contribution in [2.45, 2.75) is 69.9 Å². The van der Waals surface area contributed by atoms with Gasteiger partial charge in [0.05, 0.1) is 30.8 Å². The summed E-state index contributed by atoms with van der Waals surface area (Å²) in [4.78, 5) is 10.9. The number of methoxy groups -OCH3 is 1. The predicted octanol–water partition coefficient (Wildman–Crippen LogP) is 2.11. The summed E-state index contributed by atoms with van der Waals surface area (Å²) in [7, 11) is 1.54. The van der Waals surface area contributed by atoms with Gasteiger partial charge in [-0.05, 0) is 39.0 Å². The van der Waals surface area contributed by atoms with Crippen LogP contribution in [0.25, 0.3) is 0 Å². The number of carbonyl (C=O) groups is 1.